The van der Waals surface area contributed by atoms with Crippen LogP contribution in [-0.2, 0) is 6.54 Å². The third-order valence-corrected chi connectivity index (χ3v) is 4.59. The summed E-state index contributed by atoms with van der Waals surface area (Å²) in [6.45, 7) is 8.87. The first kappa shape index (κ1) is 16.1. The second-order valence-corrected chi connectivity index (χ2v) is 6.71. The number of nitrogens with one attached hydrogen (secondary N) is 1. The zero-order valence-corrected chi connectivity index (χ0v) is 13.9. The Morgan fingerprint density at radius 2 is 1.86 bits per heavy atom. The van der Waals surface area contributed by atoms with Crippen LogP contribution in [0.5, 0.6) is 0 Å². The minimum Gasteiger partial charge on any atom is -0.310 e. The molecule has 0 unspecified atom stereocenters. The highest BCUT2D eigenvalue weighted by molar-refractivity contribution is 7.99. The zero-order valence-electron chi connectivity index (χ0n) is 13.0. The van der Waals surface area contributed by atoms with Gasteiger partial charge in [0.05, 0.1) is 0 Å². The van der Waals surface area contributed by atoms with E-state index < -0.39 is 0 Å². The van der Waals surface area contributed by atoms with Gasteiger partial charge in [-0.15, -0.1) is 0 Å². The van der Waals surface area contributed by atoms with Gasteiger partial charge in [0.25, 0.3) is 0 Å². The predicted octanol–water partition coefficient (Wildman–Crippen LogP) is 5.09. The topological polar surface area (TPSA) is 12.0 Å². The molecule has 0 fully saturated rings. The van der Waals surface area contributed by atoms with Crippen LogP contribution >= 0.6 is 11.8 Å². The molecule has 0 radical (unpaired) electrons. The molecule has 2 rings (SSSR count). The fraction of sp³-hybridized carbons (Fsp3) is 0.333. The molecule has 1 nitrogen and oxygen atoms in total. The van der Waals surface area contributed by atoms with Gasteiger partial charge in [-0.2, -0.15) is 0 Å². The van der Waals surface area contributed by atoms with Crippen molar-refractivity contribution in [3.8, 4) is 0 Å². The van der Waals surface area contributed by atoms with Crippen molar-refractivity contribution in [2.24, 2.45) is 0 Å². The monoisotopic (exact) mass is 303 g/mol. The molecule has 0 atom stereocenters. The fourth-order valence-electron chi connectivity index (χ4n) is 2.14. The molecule has 112 valence electrons. The first-order valence-corrected chi connectivity index (χ1v) is 8.05. The van der Waals surface area contributed by atoms with Crippen molar-refractivity contribution in [3.05, 3.63) is 58.9 Å². The molecule has 0 aromatic heterocycles. The van der Waals surface area contributed by atoms with Gasteiger partial charge >= 0.3 is 0 Å². The number of halogens is 1. The van der Waals surface area contributed by atoms with Gasteiger partial charge in [-0.05, 0) is 37.6 Å². The molecule has 3 heteroatoms. The lowest BCUT2D eigenvalue weighted by Gasteiger charge is -2.14. The van der Waals surface area contributed by atoms with Gasteiger partial charge < -0.3 is 5.32 Å². The van der Waals surface area contributed by atoms with Gasteiger partial charge in [0, 0.05) is 27.9 Å². The van der Waals surface area contributed by atoms with Crippen LogP contribution in [0.3, 0.4) is 0 Å². The molecule has 0 aliphatic heterocycles. The van der Waals surface area contributed by atoms with Crippen molar-refractivity contribution in [1.82, 2.24) is 5.32 Å². The van der Waals surface area contributed by atoms with Gasteiger partial charge in [0.1, 0.15) is 5.82 Å². The molecule has 0 bridgehead atoms. The highest BCUT2D eigenvalue weighted by atomic mass is 32.2. The van der Waals surface area contributed by atoms with E-state index in [0.717, 1.165) is 10.5 Å². The molecule has 0 saturated heterocycles. The molecule has 0 aliphatic rings. The molecule has 0 saturated carbocycles. The lowest BCUT2D eigenvalue weighted by Crippen LogP contribution is -2.22. The molecule has 2 aromatic carbocycles. The third-order valence-electron chi connectivity index (χ3n) is 3.31. The fourth-order valence-corrected chi connectivity index (χ4v) is 3.18. The molecule has 2 aromatic rings. The van der Waals surface area contributed by atoms with Gasteiger partial charge in [-0.1, -0.05) is 49.4 Å². The second-order valence-electron chi connectivity index (χ2n) is 5.62. The lowest BCUT2D eigenvalue weighted by atomic mass is 10.2. The number of rotatable bonds is 5. The summed E-state index contributed by atoms with van der Waals surface area (Å²) < 4.78 is 14.1. The largest absolute Gasteiger partial charge is 0.310 e. The van der Waals surface area contributed by atoms with Crippen LogP contribution in [0.15, 0.2) is 46.2 Å². The van der Waals surface area contributed by atoms with Crippen molar-refractivity contribution in [2.45, 2.75) is 50.1 Å². The van der Waals surface area contributed by atoms with Crippen LogP contribution in [0, 0.1) is 19.7 Å². The van der Waals surface area contributed by atoms with Crippen LogP contribution in [0.4, 0.5) is 4.39 Å². The summed E-state index contributed by atoms with van der Waals surface area (Å²) in [5, 5.41) is 3.30. The van der Waals surface area contributed by atoms with Gasteiger partial charge in [0.15, 0.2) is 0 Å². The maximum atomic E-state index is 14.1. The third kappa shape index (κ3) is 4.32. The molecule has 21 heavy (non-hydrogen) atoms. The van der Waals surface area contributed by atoms with E-state index >= 15 is 0 Å². The van der Waals surface area contributed by atoms with Crippen LogP contribution < -0.4 is 5.32 Å². The number of benzene rings is 2. The highest BCUT2D eigenvalue weighted by Crippen LogP contribution is 2.34. The Hall–Kier alpha value is -1.32. The Bertz CT molecular complexity index is 623. The number of hydrogen-bond donors (Lipinski definition) is 1. The summed E-state index contributed by atoms with van der Waals surface area (Å²) in [7, 11) is 0. The summed E-state index contributed by atoms with van der Waals surface area (Å²) in [5.41, 5.74) is 3.22. The Balaban J connectivity index is 2.28. The van der Waals surface area contributed by atoms with E-state index in [9.17, 15) is 4.39 Å². The van der Waals surface area contributed by atoms with Crippen molar-refractivity contribution >= 4 is 11.8 Å². The molecule has 0 amide bonds. The number of aryl methyl sites for hydroxylation is 2. The smallest absolute Gasteiger partial charge is 0.128 e. The average molecular weight is 303 g/mol. The van der Waals surface area contributed by atoms with E-state index in [4.69, 9.17) is 0 Å². The van der Waals surface area contributed by atoms with Gasteiger partial charge in [0.2, 0.25) is 0 Å². The van der Waals surface area contributed by atoms with E-state index in [-0.39, 0.29) is 5.82 Å². The van der Waals surface area contributed by atoms with Crippen LogP contribution in [0.1, 0.15) is 30.5 Å². The minimum atomic E-state index is -0.141. The Kier molecular flexibility index (Phi) is 5.43. The van der Waals surface area contributed by atoms with Gasteiger partial charge in [-0.25, -0.2) is 4.39 Å². The van der Waals surface area contributed by atoms with Crippen molar-refractivity contribution in [1.29, 1.82) is 0 Å². The first-order valence-electron chi connectivity index (χ1n) is 7.23. The van der Waals surface area contributed by atoms with E-state index in [1.165, 1.54) is 22.1 Å². The number of hydrogen-bond acceptors (Lipinski definition) is 2. The van der Waals surface area contributed by atoms with E-state index in [1.807, 2.05) is 6.07 Å². The Morgan fingerprint density at radius 3 is 2.52 bits per heavy atom. The SMILES string of the molecule is Cc1ccc(Sc2cccc(F)c2CNC(C)C)c(C)c1. The maximum Gasteiger partial charge on any atom is 0.128 e. The quantitative estimate of drug-likeness (QED) is 0.825. The average Bonchev–Trinajstić information content (AvgIpc) is 2.41. The van der Waals surface area contributed by atoms with Crippen LogP contribution in [-0.4, -0.2) is 6.04 Å². The summed E-state index contributed by atoms with van der Waals surface area (Å²) >= 11 is 1.64. The molecule has 0 heterocycles. The minimum absolute atomic E-state index is 0.141. The standard InChI is InChI=1S/C18H22FNS/c1-12(2)20-11-15-16(19)6-5-7-18(15)21-17-9-8-13(3)10-14(17)4/h5-10,12,20H,11H2,1-4H3. The summed E-state index contributed by atoms with van der Waals surface area (Å²) in [4.78, 5) is 2.16. The van der Waals surface area contributed by atoms with Crippen molar-refractivity contribution < 1.29 is 4.39 Å². The van der Waals surface area contributed by atoms with Crippen LogP contribution in [0.25, 0.3) is 0 Å². The summed E-state index contributed by atoms with van der Waals surface area (Å²) in [6.07, 6.45) is 0. The van der Waals surface area contributed by atoms with Gasteiger partial charge in [-0.3, -0.25) is 0 Å². The van der Waals surface area contributed by atoms with Crippen molar-refractivity contribution in [2.75, 3.05) is 0 Å². The molecular weight excluding hydrogens is 281 g/mol. The van der Waals surface area contributed by atoms with E-state index in [1.54, 1.807) is 17.8 Å². The lowest BCUT2D eigenvalue weighted by molar-refractivity contribution is 0.546. The van der Waals surface area contributed by atoms with E-state index in [2.05, 4.69) is 51.2 Å². The molecule has 0 aliphatic carbocycles. The second kappa shape index (κ2) is 7.10. The first-order chi connectivity index (χ1) is 9.97. The van der Waals surface area contributed by atoms with Crippen molar-refractivity contribution in [3.63, 3.8) is 0 Å². The van der Waals surface area contributed by atoms with Crippen LogP contribution in [0.2, 0.25) is 0 Å². The summed E-state index contributed by atoms with van der Waals surface area (Å²) in [5.74, 6) is -0.141. The summed E-state index contributed by atoms with van der Waals surface area (Å²) in [6, 6.07) is 12.0. The normalized spacial score (nSPS) is 11.1. The Morgan fingerprint density at radius 1 is 1.10 bits per heavy atom. The molecule has 1 N–H and O–H groups in total. The molecule has 0 spiro atoms. The van der Waals surface area contributed by atoms with E-state index in [0.29, 0.717) is 12.6 Å². The maximum absolute atomic E-state index is 14.1. The Labute approximate surface area is 131 Å². The highest BCUT2D eigenvalue weighted by Gasteiger charge is 2.11. The zero-order chi connectivity index (χ0) is 15.4. The molecular formula is C18H22FNS. The predicted molar refractivity (Wildman–Crippen MR) is 88.4 cm³/mol.